The molecule has 0 unspecified atom stereocenters. The number of hydrogen-bond acceptors (Lipinski definition) is 5. The Bertz CT molecular complexity index is 1360. The van der Waals surface area contributed by atoms with Crippen molar-refractivity contribution in [2.45, 2.75) is 32.3 Å². The number of aromatic nitrogens is 1. The summed E-state index contributed by atoms with van der Waals surface area (Å²) < 4.78 is 41.2. The molecule has 0 saturated carbocycles. The molecule has 8 nitrogen and oxygen atoms in total. The van der Waals surface area contributed by atoms with Crippen LogP contribution in [0.1, 0.15) is 29.8 Å². The van der Waals surface area contributed by atoms with E-state index < -0.39 is 35.5 Å². The van der Waals surface area contributed by atoms with Crippen LogP contribution in [-0.2, 0) is 11.3 Å². The molecule has 37 heavy (non-hydrogen) atoms. The summed E-state index contributed by atoms with van der Waals surface area (Å²) >= 11 is 5.94. The maximum atomic E-state index is 13.3. The number of halogens is 4. The van der Waals surface area contributed by atoms with E-state index in [1.54, 1.807) is 44.2 Å². The van der Waals surface area contributed by atoms with E-state index >= 15 is 0 Å². The molecule has 2 heterocycles. The molecule has 4 rings (SSSR count). The van der Waals surface area contributed by atoms with Gasteiger partial charge in [0.05, 0.1) is 5.69 Å². The van der Waals surface area contributed by atoms with Gasteiger partial charge in [-0.15, -0.1) is 13.2 Å². The molecule has 1 fully saturated rings. The van der Waals surface area contributed by atoms with Crippen LogP contribution in [0.25, 0.3) is 0 Å². The fourth-order valence-corrected chi connectivity index (χ4v) is 3.96. The van der Waals surface area contributed by atoms with Gasteiger partial charge in [0.1, 0.15) is 17.1 Å². The van der Waals surface area contributed by atoms with E-state index in [0.717, 1.165) is 17.0 Å². The fourth-order valence-electron chi connectivity index (χ4n) is 3.77. The average Bonchev–Trinajstić information content (AvgIpc) is 2.98. The molecule has 0 spiro atoms. The number of hydrogen-bond donors (Lipinski definition) is 1. The van der Waals surface area contributed by atoms with E-state index in [2.05, 4.69) is 15.0 Å². The largest absolute Gasteiger partial charge is 0.573 e. The molecular weight excluding hydrogens is 513 g/mol. The van der Waals surface area contributed by atoms with Crippen LogP contribution in [0.4, 0.5) is 29.5 Å². The normalized spacial score (nSPS) is 15.2. The molecule has 3 aromatic rings. The third kappa shape index (κ3) is 5.67. The van der Waals surface area contributed by atoms with Crippen molar-refractivity contribution in [3.05, 3.63) is 83.0 Å². The zero-order chi connectivity index (χ0) is 27.0. The minimum Gasteiger partial charge on any atom is -0.406 e. The highest BCUT2D eigenvalue weighted by Gasteiger charge is 2.51. The molecule has 1 aliphatic heterocycles. The van der Waals surface area contributed by atoms with Crippen molar-refractivity contribution in [2.75, 3.05) is 10.2 Å². The van der Waals surface area contributed by atoms with E-state index in [1.165, 1.54) is 29.3 Å². The Balaban J connectivity index is 1.52. The number of imide groups is 1. The number of carbonyl (C=O) groups excluding carboxylic acids is 3. The highest BCUT2D eigenvalue weighted by molar-refractivity contribution is 6.31. The monoisotopic (exact) mass is 532 g/mol. The number of urea groups is 1. The van der Waals surface area contributed by atoms with Crippen LogP contribution >= 0.6 is 11.6 Å². The Kier molecular flexibility index (Phi) is 6.83. The third-order valence-corrected chi connectivity index (χ3v) is 5.88. The van der Waals surface area contributed by atoms with E-state index in [4.69, 9.17) is 11.6 Å². The van der Waals surface area contributed by atoms with Crippen LogP contribution in [0.15, 0.2) is 66.9 Å². The number of pyridine rings is 1. The number of benzene rings is 2. The summed E-state index contributed by atoms with van der Waals surface area (Å²) in [4.78, 5) is 45.3. The van der Waals surface area contributed by atoms with Crippen LogP contribution in [0, 0.1) is 0 Å². The zero-order valence-corrected chi connectivity index (χ0v) is 20.3. The standard InChI is InChI=1S/C25H20ClF3N4O4/c1-24(2)22(35)33(18-6-8-19(9-7-18)37-25(27,28)29)23(36)32(24)14-15-10-11-30-20(12-15)31-21(34)16-4-3-5-17(26)13-16/h3-13H,14H2,1-2H3,(H,30,31,34). The third-order valence-electron chi connectivity index (χ3n) is 5.65. The number of nitrogens with one attached hydrogen (secondary N) is 1. The first-order chi connectivity index (χ1) is 17.3. The number of alkyl halides is 3. The molecule has 0 atom stereocenters. The predicted molar refractivity (Wildman–Crippen MR) is 129 cm³/mol. The minimum atomic E-state index is -4.86. The molecule has 1 aliphatic rings. The summed E-state index contributed by atoms with van der Waals surface area (Å²) in [5.41, 5.74) is -0.236. The summed E-state index contributed by atoms with van der Waals surface area (Å²) in [6.07, 6.45) is -3.41. The van der Waals surface area contributed by atoms with Crippen LogP contribution in [0.2, 0.25) is 5.02 Å². The summed E-state index contributed by atoms with van der Waals surface area (Å²) in [6, 6.07) is 13.4. The summed E-state index contributed by atoms with van der Waals surface area (Å²) in [5, 5.41) is 3.07. The lowest BCUT2D eigenvalue weighted by atomic mass is 10.0. The maximum absolute atomic E-state index is 13.3. The number of rotatable bonds is 6. The molecule has 192 valence electrons. The smallest absolute Gasteiger partial charge is 0.406 e. The van der Waals surface area contributed by atoms with Gasteiger partial charge in [-0.1, -0.05) is 17.7 Å². The van der Waals surface area contributed by atoms with Crippen molar-refractivity contribution >= 4 is 41.0 Å². The number of nitrogens with zero attached hydrogens (tertiary/aromatic N) is 3. The topological polar surface area (TPSA) is 91.8 Å². The predicted octanol–water partition coefficient (Wildman–Crippen LogP) is 5.63. The number of anilines is 2. The second kappa shape index (κ2) is 9.74. The highest BCUT2D eigenvalue weighted by Crippen LogP contribution is 2.34. The molecule has 4 amide bonds. The van der Waals surface area contributed by atoms with Crippen molar-refractivity contribution in [3.8, 4) is 5.75 Å². The summed E-state index contributed by atoms with van der Waals surface area (Å²) in [6.45, 7) is 3.14. The quantitative estimate of drug-likeness (QED) is 0.415. The lowest BCUT2D eigenvalue weighted by Gasteiger charge is -2.27. The van der Waals surface area contributed by atoms with Gasteiger partial charge in [0, 0.05) is 23.3 Å². The van der Waals surface area contributed by atoms with Crippen molar-refractivity contribution in [3.63, 3.8) is 0 Å². The van der Waals surface area contributed by atoms with Gasteiger partial charge in [-0.25, -0.2) is 14.7 Å². The van der Waals surface area contributed by atoms with Crippen molar-refractivity contribution in [1.29, 1.82) is 0 Å². The molecule has 1 aromatic heterocycles. The van der Waals surface area contributed by atoms with E-state index in [0.29, 0.717) is 16.1 Å². The van der Waals surface area contributed by atoms with Gasteiger partial charge in [-0.2, -0.15) is 0 Å². The second-order valence-electron chi connectivity index (χ2n) is 8.62. The Morgan fingerprint density at radius 3 is 2.43 bits per heavy atom. The Morgan fingerprint density at radius 2 is 1.78 bits per heavy atom. The highest BCUT2D eigenvalue weighted by atomic mass is 35.5. The fraction of sp³-hybridized carbons (Fsp3) is 0.200. The number of carbonyl (C=O) groups is 3. The van der Waals surface area contributed by atoms with Crippen LogP contribution < -0.4 is 15.0 Å². The maximum Gasteiger partial charge on any atom is 0.573 e. The summed E-state index contributed by atoms with van der Waals surface area (Å²) in [7, 11) is 0. The van der Waals surface area contributed by atoms with Crippen molar-refractivity contribution in [2.24, 2.45) is 0 Å². The first-order valence-corrected chi connectivity index (χ1v) is 11.3. The molecule has 2 aromatic carbocycles. The number of amides is 4. The van der Waals surface area contributed by atoms with Gasteiger partial charge in [-0.3, -0.25) is 9.59 Å². The second-order valence-corrected chi connectivity index (χ2v) is 9.06. The van der Waals surface area contributed by atoms with Crippen LogP contribution in [-0.4, -0.2) is 39.6 Å². The van der Waals surface area contributed by atoms with Gasteiger partial charge in [0.2, 0.25) is 0 Å². The Hall–Kier alpha value is -4.12. The van der Waals surface area contributed by atoms with E-state index in [9.17, 15) is 27.6 Å². The Morgan fingerprint density at radius 1 is 1.08 bits per heavy atom. The van der Waals surface area contributed by atoms with Crippen LogP contribution in [0.5, 0.6) is 5.75 Å². The van der Waals surface area contributed by atoms with Gasteiger partial charge >= 0.3 is 12.4 Å². The lowest BCUT2D eigenvalue weighted by Crippen LogP contribution is -2.43. The van der Waals surface area contributed by atoms with Crippen molar-refractivity contribution < 1.29 is 32.3 Å². The van der Waals surface area contributed by atoms with Crippen molar-refractivity contribution in [1.82, 2.24) is 9.88 Å². The molecule has 0 radical (unpaired) electrons. The van der Waals surface area contributed by atoms with E-state index in [1.807, 2.05) is 0 Å². The zero-order valence-electron chi connectivity index (χ0n) is 19.5. The number of ether oxygens (including phenoxy) is 1. The Labute approximate surface area is 214 Å². The van der Waals surface area contributed by atoms with Gasteiger partial charge in [0.25, 0.3) is 11.8 Å². The van der Waals surface area contributed by atoms with Crippen LogP contribution in [0.3, 0.4) is 0 Å². The molecule has 1 N–H and O–H groups in total. The first kappa shape index (κ1) is 26.0. The van der Waals surface area contributed by atoms with Gasteiger partial charge in [0.15, 0.2) is 0 Å². The van der Waals surface area contributed by atoms with E-state index in [-0.39, 0.29) is 18.1 Å². The molecule has 0 aliphatic carbocycles. The summed E-state index contributed by atoms with van der Waals surface area (Å²) in [5.74, 6) is -1.22. The lowest BCUT2D eigenvalue weighted by molar-refractivity contribution is -0.274. The first-order valence-electron chi connectivity index (χ1n) is 10.9. The van der Waals surface area contributed by atoms with Gasteiger partial charge in [-0.05, 0) is 74.0 Å². The minimum absolute atomic E-state index is 0.00585. The molecule has 0 bridgehead atoms. The molecule has 1 saturated heterocycles. The molecular formula is C25H20ClF3N4O4. The van der Waals surface area contributed by atoms with Gasteiger partial charge < -0.3 is 15.0 Å². The average molecular weight is 533 g/mol. The molecule has 12 heteroatoms. The SMILES string of the molecule is CC1(C)C(=O)N(c2ccc(OC(F)(F)F)cc2)C(=O)N1Cc1ccnc(NC(=O)c2cccc(Cl)c2)c1.